The number of hydrogen-bond donors (Lipinski definition) is 1. The second-order valence-electron chi connectivity index (χ2n) is 7.55. The molecule has 0 bridgehead atoms. The average molecular weight is 483 g/mol. The third-order valence-electron chi connectivity index (χ3n) is 5.34. The molecule has 0 radical (unpaired) electrons. The fourth-order valence-corrected chi connectivity index (χ4v) is 5.47. The highest BCUT2D eigenvalue weighted by Crippen LogP contribution is 2.34. The molecule has 1 aromatic heterocycles. The second kappa shape index (κ2) is 8.41. The van der Waals surface area contributed by atoms with Gasteiger partial charge in [-0.15, -0.1) is 0 Å². The van der Waals surface area contributed by atoms with E-state index in [1.807, 2.05) is 0 Å². The van der Waals surface area contributed by atoms with Gasteiger partial charge in [-0.05, 0) is 43.9 Å². The lowest BCUT2D eigenvalue weighted by molar-refractivity contribution is -0.141. The smallest absolute Gasteiger partial charge is 0.348 e. The van der Waals surface area contributed by atoms with Crippen molar-refractivity contribution in [2.45, 2.75) is 54.2 Å². The van der Waals surface area contributed by atoms with Crippen LogP contribution in [0.2, 0.25) is 0 Å². The van der Waals surface area contributed by atoms with Gasteiger partial charge in [0.15, 0.2) is 15.5 Å². The molecule has 32 heavy (non-hydrogen) atoms. The number of aromatic nitrogens is 2. The first-order valence-corrected chi connectivity index (χ1v) is 11.1. The minimum Gasteiger partial charge on any atom is -0.348 e. The zero-order chi connectivity index (χ0) is 23.9. The van der Waals surface area contributed by atoms with Gasteiger partial charge in [-0.25, -0.2) is 8.42 Å². The lowest BCUT2D eigenvalue weighted by Gasteiger charge is -2.29. The Hall–Kier alpha value is -2.57. The van der Waals surface area contributed by atoms with E-state index in [1.54, 1.807) is 0 Å². The van der Waals surface area contributed by atoms with E-state index in [9.17, 15) is 39.6 Å². The summed E-state index contributed by atoms with van der Waals surface area (Å²) in [7, 11) is -2.82. The number of halogens is 6. The number of alkyl halides is 6. The molecule has 0 atom stereocenters. The predicted molar refractivity (Wildman–Crippen MR) is 100 cm³/mol. The van der Waals surface area contributed by atoms with Crippen molar-refractivity contribution in [1.82, 2.24) is 15.1 Å². The largest absolute Gasteiger partial charge is 0.435 e. The molecular weight excluding hydrogens is 464 g/mol. The Balaban J connectivity index is 1.65. The number of aryl methyl sites for hydroxylation is 1. The summed E-state index contributed by atoms with van der Waals surface area (Å²) >= 11 is 0. The van der Waals surface area contributed by atoms with Crippen LogP contribution in [0.4, 0.5) is 26.3 Å². The number of carbonyl (C=O) groups excluding carboxylic acids is 1. The maximum absolute atomic E-state index is 12.9. The Labute approximate surface area is 179 Å². The third-order valence-corrected chi connectivity index (χ3v) is 7.60. The third kappa shape index (κ3) is 5.08. The van der Waals surface area contributed by atoms with E-state index in [4.69, 9.17) is 0 Å². The van der Waals surface area contributed by atoms with E-state index in [-0.39, 0.29) is 31.4 Å². The molecule has 1 amide bonds. The van der Waals surface area contributed by atoms with Gasteiger partial charge in [0.05, 0.1) is 15.7 Å². The Kier molecular flexibility index (Phi) is 6.33. The normalized spacial score (nSPS) is 20.2. The zero-order valence-electron chi connectivity index (χ0n) is 16.7. The van der Waals surface area contributed by atoms with Crippen LogP contribution in [0.15, 0.2) is 35.2 Å². The standard InChI is InChI=1S/C19H19F6N3O3S/c1-28-15(10-16(27-28)19(23,24)25)17(29)26-12-5-7-13(8-6-12)32(30,31)14-4-2-3-11(9-14)18(20,21)22/h2-4,9-10,12-13H,5-8H2,1H3,(H,26,29). The Morgan fingerprint density at radius 3 is 2.19 bits per heavy atom. The van der Waals surface area contributed by atoms with E-state index in [2.05, 4.69) is 10.4 Å². The molecule has 1 aromatic carbocycles. The summed E-state index contributed by atoms with van der Waals surface area (Å²) < 4.78 is 103. The van der Waals surface area contributed by atoms with Gasteiger partial charge in [-0.2, -0.15) is 31.4 Å². The van der Waals surface area contributed by atoms with Crippen molar-refractivity contribution in [2.24, 2.45) is 7.05 Å². The lowest BCUT2D eigenvalue weighted by Crippen LogP contribution is -2.40. The number of rotatable bonds is 4. The van der Waals surface area contributed by atoms with Crippen molar-refractivity contribution in [3.8, 4) is 0 Å². The number of carbonyl (C=O) groups is 1. The van der Waals surface area contributed by atoms with Crippen molar-refractivity contribution < 1.29 is 39.6 Å². The van der Waals surface area contributed by atoms with Crippen LogP contribution >= 0.6 is 0 Å². The molecule has 1 fully saturated rings. The fourth-order valence-electron chi connectivity index (χ4n) is 3.64. The maximum Gasteiger partial charge on any atom is 0.435 e. The molecule has 1 aliphatic carbocycles. The molecule has 1 heterocycles. The molecule has 0 unspecified atom stereocenters. The molecule has 13 heteroatoms. The molecule has 1 aliphatic rings. The number of nitrogens with one attached hydrogen (secondary N) is 1. The molecule has 2 aromatic rings. The molecule has 6 nitrogen and oxygen atoms in total. The van der Waals surface area contributed by atoms with Gasteiger partial charge in [-0.1, -0.05) is 6.07 Å². The van der Waals surface area contributed by atoms with Gasteiger partial charge in [0.25, 0.3) is 5.91 Å². The van der Waals surface area contributed by atoms with Crippen LogP contribution in [0.1, 0.15) is 47.4 Å². The molecule has 176 valence electrons. The van der Waals surface area contributed by atoms with Crippen molar-refractivity contribution in [3.63, 3.8) is 0 Å². The Bertz CT molecular complexity index is 1100. The highest BCUT2D eigenvalue weighted by Gasteiger charge is 2.37. The maximum atomic E-state index is 12.9. The highest BCUT2D eigenvalue weighted by atomic mass is 32.2. The summed E-state index contributed by atoms with van der Waals surface area (Å²) in [4.78, 5) is 11.9. The minimum atomic E-state index is -4.70. The van der Waals surface area contributed by atoms with Crippen LogP contribution in [0.3, 0.4) is 0 Å². The van der Waals surface area contributed by atoms with Crippen molar-refractivity contribution >= 4 is 15.7 Å². The minimum absolute atomic E-state index is 0.0860. The molecule has 0 saturated heterocycles. The Morgan fingerprint density at radius 1 is 1.03 bits per heavy atom. The quantitative estimate of drug-likeness (QED) is 0.668. The van der Waals surface area contributed by atoms with Crippen molar-refractivity contribution in [1.29, 1.82) is 0 Å². The van der Waals surface area contributed by atoms with E-state index in [1.165, 1.54) is 7.05 Å². The van der Waals surface area contributed by atoms with Crippen LogP contribution in [0, 0.1) is 0 Å². The van der Waals surface area contributed by atoms with E-state index < -0.39 is 55.5 Å². The lowest BCUT2D eigenvalue weighted by atomic mass is 9.95. The van der Waals surface area contributed by atoms with Gasteiger partial charge in [0, 0.05) is 19.2 Å². The molecule has 1 N–H and O–H groups in total. The first-order chi connectivity index (χ1) is 14.7. The SMILES string of the molecule is Cn1nc(C(F)(F)F)cc1C(=O)NC1CCC(S(=O)(=O)c2cccc(C(F)(F)F)c2)CC1. The summed E-state index contributed by atoms with van der Waals surface area (Å²) in [6.07, 6.45) is -8.79. The molecule has 3 rings (SSSR count). The zero-order valence-corrected chi connectivity index (χ0v) is 17.5. The van der Waals surface area contributed by atoms with Crippen LogP contribution < -0.4 is 5.32 Å². The average Bonchev–Trinajstić information content (AvgIpc) is 3.10. The van der Waals surface area contributed by atoms with Crippen LogP contribution in [-0.2, 0) is 29.2 Å². The van der Waals surface area contributed by atoms with Crippen LogP contribution in [0.5, 0.6) is 0 Å². The van der Waals surface area contributed by atoms with Gasteiger partial charge in [0.1, 0.15) is 5.69 Å². The summed E-state index contributed by atoms with van der Waals surface area (Å²) in [6, 6.07) is 3.67. The monoisotopic (exact) mass is 483 g/mol. The molecular formula is C19H19F6N3O3S. The molecule has 0 aliphatic heterocycles. The van der Waals surface area contributed by atoms with Crippen LogP contribution in [-0.4, -0.2) is 35.4 Å². The van der Waals surface area contributed by atoms with Crippen LogP contribution in [0.25, 0.3) is 0 Å². The number of sulfone groups is 1. The van der Waals surface area contributed by atoms with E-state index >= 15 is 0 Å². The first-order valence-electron chi connectivity index (χ1n) is 9.53. The summed E-state index contributed by atoms with van der Waals surface area (Å²) in [5.74, 6) is -0.778. The second-order valence-corrected chi connectivity index (χ2v) is 9.78. The van der Waals surface area contributed by atoms with Gasteiger partial charge < -0.3 is 5.32 Å². The molecule has 1 saturated carbocycles. The number of hydrogen-bond acceptors (Lipinski definition) is 4. The van der Waals surface area contributed by atoms with E-state index in [0.717, 1.165) is 22.9 Å². The van der Waals surface area contributed by atoms with Crippen molar-refractivity contribution in [2.75, 3.05) is 0 Å². The van der Waals surface area contributed by atoms with Gasteiger partial charge in [0.2, 0.25) is 0 Å². The van der Waals surface area contributed by atoms with Gasteiger partial charge >= 0.3 is 12.4 Å². The number of benzene rings is 1. The summed E-state index contributed by atoms with van der Waals surface area (Å²) in [5, 5.41) is 4.92. The topological polar surface area (TPSA) is 81.1 Å². The summed E-state index contributed by atoms with van der Waals surface area (Å²) in [5.41, 5.74) is -2.56. The predicted octanol–water partition coefficient (Wildman–Crippen LogP) is 3.97. The summed E-state index contributed by atoms with van der Waals surface area (Å²) in [6.45, 7) is 0. The first kappa shape index (κ1) is 24.1. The van der Waals surface area contributed by atoms with Gasteiger partial charge in [-0.3, -0.25) is 9.48 Å². The Morgan fingerprint density at radius 2 is 1.66 bits per heavy atom. The van der Waals surface area contributed by atoms with Crippen molar-refractivity contribution in [3.05, 3.63) is 47.3 Å². The molecule has 0 spiro atoms. The highest BCUT2D eigenvalue weighted by molar-refractivity contribution is 7.92. The van der Waals surface area contributed by atoms with E-state index in [0.29, 0.717) is 12.1 Å². The number of nitrogens with zero attached hydrogens (tertiary/aromatic N) is 2. The fraction of sp³-hybridized carbons (Fsp3) is 0.474. The number of amides is 1.